The molecule has 0 spiro atoms. The van der Waals surface area contributed by atoms with Gasteiger partial charge in [0.05, 0.1) is 16.3 Å². The fraction of sp³-hybridized carbons (Fsp3) is 0.375. The van der Waals surface area contributed by atoms with Gasteiger partial charge in [-0.3, -0.25) is 0 Å². The van der Waals surface area contributed by atoms with Gasteiger partial charge in [0.15, 0.2) is 10.9 Å². The van der Waals surface area contributed by atoms with Gasteiger partial charge in [0, 0.05) is 32.5 Å². The molecule has 3 N–H and O–H groups in total. The average Bonchev–Trinajstić information content (AvgIpc) is 3.07. The highest BCUT2D eigenvalue weighted by Gasteiger charge is 2.22. The summed E-state index contributed by atoms with van der Waals surface area (Å²) in [4.78, 5) is 19.6. The number of ether oxygens (including phenoxy) is 1. The van der Waals surface area contributed by atoms with Crippen molar-refractivity contribution < 1.29 is 4.74 Å². The Hall–Kier alpha value is -2.52. The molecule has 1 aliphatic heterocycles. The first-order chi connectivity index (χ1) is 12.2. The van der Waals surface area contributed by atoms with Crippen LogP contribution in [0.2, 0.25) is 0 Å². The van der Waals surface area contributed by atoms with Crippen molar-refractivity contribution in [2.45, 2.75) is 18.9 Å². The molecule has 0 bridgehead atoms. The molecule has 0 radical (unpaired) electrons. The van der Waals surface area contributed by atoms with Crippen LogP contribution in [-0.4, -0.2) is 46.2 Å². The van der Waals surface area contributed by atoms with E-state index in [4.69, 9.17) is 15.5 Å². The minimum absolute atomic E-state index is 0.264. The van der Waals surface area contributed by atoms with Crippen molar-refractivity contribution in [1.82, 2.24) is 19.9 Å². The number of nitrogen functional groups attached to an aromatic ring is 1. The van der Waals surface area contributed by atoms with Crippen molar-refractivity contribution in [1.29, 1.82) is 0 Å². The topological polar surface area (TPSA) is 102 Å². The van der Waals surface area contributed by atoms with Crippen LogP contribution >= 0.6 is 11.3 Å². The number of nitrogens with zero attached hydrogens (tertiary/aromatic N) is 5. The van der Waals surface area contributed by atoms with Crippen molar-refractivity contribution in [2.24, 2.45) is 0 Å². The summed E-state index contributed by atoms with van der Waals surface area (Å²) < 4.78 is 6.51. The average molecular weight is 357 g/mol. The maximum atomic E-state index is 5.71. The first-order valence-corrected chi connectivity index (χ1v) is 8.92. The number of nitrogens with two attached hydrogens (primary N) is 1. The van der Waals surface area contributed by atoms with Gasteiger partial charge in [-0.25, -0.2) is 19.9 Å². The smallest absolute Gasteiger partial charge is 0.186 e. The number of pyridine rings is 1. The van der Waals surface area contributed by atoms with E-state index < -0.39 is 0 Å². The number of fused-ring (bicyclic) bond motifs is 1. The van der Waals surface area contributed by atoms with Gasteiger partial charge in [0.1, 0.15) is 18.0 Å². The quantitative estimate of drug-likeness (QED) is 0.734. The molecule has 4 heterocycles. The SMILES string of the molecule is COC1CCCN(c2nc3ccnc(Nc4cc(N)ncn4)c3s2)C1. The molecule has 9 heteroatoms. The molecule has 1 atom stereocenters. The van der Waals surface area contributed by atoms with Crippen molar-refractivity contribution in [3.05, 3.63) is 24.7 Å². The van der Waals surface area contributed by atoms with E-state index in [2.05, 4.69) is 25.2 Å². The third-order valence-corrected chi connectivity index (χ3v) is 5.35. The summed E-state index contributed by atoms with van der Waals surface area (Å²) in [6, 6.07) is 3.60. The molecule has 1 fully saturated rings. The van der Waals surface area contributed by atoms with Gasteiger partial charge in [-0.2, -0.15) is 0 Å². The largest absolute Gasteiger partial charge is 0.384 e. The molecule has 4 rings (SSSR count). The van der Waals surface area contributed by atoms with Crippen LogP contribution < -0.4 is 16.0 Å². The second-order valence-electron chi connectivity index (χ2n) is 5.90. The predicted octanol–water partition coefficient (Wildman–Crippen LogP) is 2.42. The van der Waals surface area contributed by atoms with Crippen LogP contribution in [0, 0.1) is 0 Å². The normalized spacial score (nSPS) is 17.8. The van der Waals surface area contributed by atoms with E-state index >= 15 is 0 Å². The zero-order chi connectivity index (χ0) is 17.2. The minimum Gasteiger partial charge on any atom is -0.384 e. The van der Waals surface area contributed by atoms with Gasteiger partial charge >= 0.3 is 0 Å². The summed E-state index contributed by atoms with van der Waals surface area (Å²) in [5.74, 6) is 1.74. The summed E-state index contributed by atoms with van der Waals surface area (Å²) in [7, 11) is 1.77. The molecule has 0 aliphatic carbocycles. The van der Waals surface area contributed by atoms with Gasteiger partial charge in [-0.1, -0.05) is 11.3 Å². The highest BCUT2D eigenvalue weighted by molar-refractivity contribution is 7.22. The molecule has 0 amide bonds. The monoisotopic (exact) mass is 357 g/mol. The lowest BCUT2D eigenvalue weighted by Crippen LogP contribution is -2.39. The highest BCUT2D eigenvalue weighted by Crippen LogP contribution is 2.35. The molecule has 1 unspecified atom stereocenters. The van der Waals surface area contributed by atoms with Crippen LogP contribution in [0.4, 0.5) is 22.6 Å². The van der Waals surface area contributed by atoms with Crippen LogP contribution in [-0.2, 0) is 4.74 Å². The summed E-state index contributed by atoms with van der Waals surface area (Å²) in [6.45, 7) is 1.87. The molecule has 0 saturated carbocycles. The van der Waals surface area contributed by atoms with Crippen molar-refractivity contribution in [2.75, 3.05) is 36.1 Å². The Kier molecular flexibility index (Phi) is 4.33. The number of anilines is 4. The van der Waals surface area contributed by atoms with E-state index in [0.717, 1.165) is 47.1 Å². The maximum absolute atomic E-state index is 5.71. The Labute approximate surface area is 149 Å². The Morgan fingerprint density at radius 3 is 3.12 bits per heavy atom. The fourth-order valence-electron chi connectivity index (χ4n) is 2.93. The molecule has 0 aromatic carbocycles. The summed E-state index contributed by atoms with van der Waals surface area (Å²) in [5.41, 5.74) is 6.63. The summed E-state index contributed by atoms with van der Waals surface area (Å²) in [6.07, 6.45) is 5.64. The maximum Gasteiger partial charge on any atom is 0.186 e. The highest BCUT2D eigenvalue weighted by atomic mass is 32.1. The molecule has 3 aromatic heterocycles. The van der Waals surface area contributed by atoms with Crippen molar-refractivity contribution in [3.8, 4) is 0 Å². The lowest BCUT2D eigenvalue weighted by atomic mass is 10.1. The van der Waals surface area contributed by atoms with Crippen LogP contribution in [0.15, 0.2) is 24.7 Å². The van der Waals surface area contributed by atoms with Crippen LogP contribution in [0.5, 0.6) is 0 Å². The molecule has 1 saturated heterocycles. The van der Waals surface area contributed by atoms with E-state index in [1.165, 1.54) is 6.33 Å². The van der Waals surface area contributed by atoms with E-state index in [0.29, 0.717) is 11.6 Å². The number of methoxy groups -OCH3 is 1. The second kappa shape index (κ2) is 6.77. The third-order valence-electron chi connectivity index (χ3n) is 4.21. The molecular formula is C16H19N7OS. The number of aromatic nitrogens is 4. The Bertz CT molecular complexity index is 884. The van der Waals surface area contributed by atoms with E-state index in [9.17, 15) is 0 Å². The molecule has 8 nitrogen and oxygen atoms in total. The fourth-order valence-corrected chi connectivity index (χ4v) is 3.97. The Morgan fingerprint density at radius 1 is 1.36 bits per heavy atom. The first-order valence-electron chi connectivity index (χ1n) is 8.11. The minimum atomic E-state index is 0.264. The summed E-state index contributed by atoms with van der Waals surface area (Å²) in [5, 5.41) is 4.20. The van der Waals surface area contributed by atoms with E-state index in [-0.39, 0.29) is 6.10 Å². The Balaban J connectivity index is 1.64. The van der Waals surface area contributed by atoms with Crippen LogP contribution in [0.3, 0.4) is 0 Å². The second-order valence-corrected chi connectivity index (χ2v) is 6.88. The molecule has 1 aliphatic rings. The summed E-state index contributed by atoms with van der Waals surface area (Å²) >= 11 is 1.63. The van der Waals surface area contributed by atoms with Crippen molar-refractivity contribution >= 4 is 44.1 Å². The molecule has 25 heavy (non-hydrogen) atoms. The number of piperidine rings is 1. The predicted molar refractivity (Wildman–Crippen MR) is 99.4 cm³/mol. The van der Waals surface area contributed by atoms with E-state index in [1.54, 1.807) is 30.7 Å². The molecule has 3 aromatic rings. The number of hydrogen-bond acceptors (Lipinski definition) is 9. The Morgan fingerprint density at radius 2 is 2.28 bits per heavy atom. The van der Waals surface area contributed by atoms with Gasteiger partial charge in [-0.05, 0) is 18.9 Å². The van der Waals surface area contributed by atoms with Crippen molar-refractivity contribution in [3.63, 3.8) is 0 Å². The van der Waals surface area contributed by atoms with Gasteiger partial charge in [0.2, 0.25) is 0 Å². The zero-order valence-electron chi connectivity index (χ0n) is 13.8. The van der Waals surface area contributed by atoms with E-state index in [1.807, 2.05) is 6.07 Å². The first kappa shape index (κ1) is 16.0. The van der Waals surface area contributed by atoms with Crippen LogP contribution in [0.25, 0.3) is 10.2 Å². The zero-order valence-corrected chi connectivity index (χ0v) is 14.7. The van der Waals surface area contributed by atoms with Gasteiger partial charge < -0.3 is 20.7 Å². The third kappa shape index (κ3) is 3.33. The van der Waals surface area contributed by atoms with Gasteiger partial charge in [-0.15, -0.1) is 0 Å². The number of rotatable bonds is 4. The lowest BCUT2D eigenvalue weighted by molar-refractivity contribution is 0.0893. The number of thiazole rings is 1. The standard InChI is InChI=1S/C16H19N7OS/c1-24-10-3-2-6-23(8-10)16-21-11-4-5-18-15(14(11)25-16)22-13-7-12(17)19-9-20-13/h4-5,7,9-10H,2-3,6,8H2,1H3,(H3,17,18,19,20,22). The molecular weight excluding hydrogens is 338 g/mol. The lowest BCUT2D eigenvalue weighted by Gasteiger charge is -2.31. The molecule has 130 valence electrons. The number of nitrogens with one attached hydrogen (secondary N) is 1. The van der Waals surface area contributed by atoms with Crippen LogP contribution in [0.1, 0.15) is 12.8 Å². The van der Waals surface area contributed by atoms with Gasteiger partial charge in [0.25, 0.3) is 0 Å². The number of hydrogen-bond donors (Lipinski definition) is 2.